The Morgan fingerprint density at radius 1 is 1.38 bits per heavy atom. The van der Waals surface area contributed by atoms with Crippen LogP contribution < -0.4 is 0 Å². The number of H-pyrrole nitrogens is 1. The van der Waals surface area contributed by atoms with Gasteiger partial charge in [-0.05, 0) is 13.0 Å². The van der Waals surface area contributed by atoms with Gasteiger partial charge in [-0.15, -0.1) is 0 Å². The number of carboxylic acid groups (broad SMARTS) is 1. The van der Waals surface area contributed by atoms with E-state index in [0.29, 0.717) is 18.1 Å². The van der Waals surface area contributed by atoms with Crippen molar-refractivity contribution in [1.29, 1.82) is 0 Å². The first-order valence-corrected chi connectivity index (χ1v) is 9.02. The van der Waals surface area contributed by atoms with E-state index >= 15 is 0 Å². The van der Waals surface area contributed by atoms with Crippen LogP contribution in [0.15, 0.2) is 35.1 Å². The lowest BCUT2D eigenvalue weighted by molar-refractivity contribution is -0.147. The molecule has 1 amide bonds. The maximum atomic E-state index is 12.7. The second kappa shape index (κ2) is 7.84. The number of hydrogen-bond acceptors (Lipinski definition) is 7. The topological polar surface area (TPSA) is 134 Å². The molecule has 3 aromatic rings. The molecule has 1 aromatic carbocycles. The molecule has 2 aromatic heterocycles. The third kappa shape index (κ3) is 4.02. The summed E-state index contributed by atoms with van der Waals surface area (Å²) in [6.45, 7) is 1.34. The molecule has 0 aliphatic carbocycles. The van der Waals surface area contributed by atoms with Gasteiger partial charge in [-0.1, -0.05) is 28.9 Å². The Hall–Kier alpha value is -3.53. The smallest absolute Gasteiger partial charge is 0.329 e. The summed E-state index contributed by atoms with van der Waals surface area (Å²) in [4.78, 5) is 36.7. The van der Waals surface area contributed by atoms with Crippen LogP contribution in [0.4, 0.5) is 0 Å². The first kappa shape index (κ1) is 18.8. The highest BCUT2D eigenvalue weighted by molar-refractivity contribution is 5.78. The van der Waals surface area contributed by atoms with Crippen molar-refractivity contribution in [3.63, 3.8) is 0 Å². The molecular weight excluding hydrogens is 378 g/mol. The van der Waals surface area contributed by atoms with Crippen molar-refractivity contribution in [3.8, 4) is 11.4 Å². The fourth-order valence-electron chi connectivity index (χ4n) is 3.30. The summed E-state index contributed by atoms with van der Waals surface area (Å²) in [6, 6.07) is 7.20. The molecule has 2 N–H and O–H groups in total. The maximum Gasteiger partial charge on any atom is 0.329 e. The Morgan fingerprint density at radius 3 is 3.03 bits per heavy atom. The number of benzene rings is 1. The van der Waals surface area contributed by atoms with Gasteiger partial charge >= 0.3 is 5.97 Å². The lowest BCUT2D eigenvalue weighted by Gasteiger charge is -2.32. The normalized spacial score (nSPS) is 15.9. The van der Waals surface area contributed by atoms with E-state index in [-0.39, 0.29) is 19.1 Å². The quantitative estimate of drug-likeness (QED) is 0.639. The van der Waals surface area contributed by atoms with Gasteiger partial charge in [0.05, 0.1) is 24.3 Å². The largest absolute Gasteiger partial charge is 0.480 e. The van der Waals surface area contributed by atoms with E-state index in [1.807, 2.05) is 31.2 Å². The van der Waals surface area contributed by atoms with E-state index in [1.54, 1.807) is 6.33 Å². The number of carboxylic acids is 1. The van der Waals surface area contributed by atoms with Crippen LogP contribution in [0.3, 0.4) is 0 Å². The maximum absolute atomic E-state index is 12.7. The van der Waals surface area contributed by atoms with Crippen molar-refractivity contribution < 1.29 is 24.0 Å². The molecule has 0 fully saturated rings. The number of amides is 1. The number of nitrogens with zero attached hydrogens (tertiary/aromatic N) is 4. The van der Waals surface area contributed by atoms with Gasteiger partial charge < -0.3 is 24.3 Å². The average molecular weight is 397 g/mol. The summed E-state index contributed by atoms with van der Waals surface area (Å²) in [5.41, 5.74) is 3.52. The molecule has 0 saturated heterocycles. The van der Waals surface area contributed by atoms with E-state index in [9.17, 15) is 9.59 Å². The van der Waals surface area contributed by atoms with Gasteiger partial charge in [0.2, 0.25) is 17.6 Å². The Labute approximate surface area is 165 Å². The van der Waals surface area contributed by atoms with Crippen LogP contribution in [0.25, 0.3) is 11.4 Å². The zero-order valence-corrected chi connectivity index (χ0v) is 15.7. The summed E-state index contributed by atoms with van der Waals surface area (Å²) in [5.74, 6) is -0.775. The molecule has 1 aliphatic rings. The zero-order chi connectivity index (χ0) is 20.4. The van der Waals surface area contributed by atoms with Crippen LogP contribution in [-0.4, -0.2) is 55.2 Å². The number of nitrogens with one attached hydrogen (secondary N) is 1. The minimum absolute atomic E-state index is 0.261. The minimum Gasteiger partial charge on any atom is -0.480 e. The number of ether oxygens (including phenoxy) is 1. The molecule has 29 heavy (non-hydrogen) atoms. The number of aromatic nitrogens is 4. The fourth-order valence-corrected chi connectivity index (χ4v) is 3.30. The van der Waals surface area contributed by atoms with Gasteiger partial charge in [0.25, 0.3) is 0 Å². The van der Waals surface area contributed by atoms with Crippen LogP contribution in [0.5, 0.6) is 0 Å². The molecule has 0 unspecified atom stereocenters. The Balaban J connectivity index is 1.59. The summed E-state index contributed by atoms with van der Waals surface area (Å²) < 4.78 is 10.5. The second-order valence-electron chi connectivity index (χ2n) is 6.78. The number of carbonyl (C=O) groups excluding carboxylic acids is 1. The van der Waals surface area contributed by atoms with Crippen LogP contribution in [0.1, 0.15) is 28.9 Å². The van der Waals surface area contributed by atoms with Crippen LogP contribution >= 0.6 is 0 Å². The first-order valence-electron chi connectivity index (χ1n) is 9.02. The molecule has 0 radical (unpaired) electrons. The summed E-state index contributed by atoms with van der Waals surface area (Å²) in [6.07, 6.45) is 1.97. The molecular formula is C19H19N5O5. The van der Waals surface area contributed by atoms with Crippen LogP contribution in [0, 0.1) is 6.92 Å². The Morgan fingerprint density at radius 2 is 2.24 bits per heavy atom. The number of aromatic amines is 1. The van der Waals surface area contributed by atoms with E-state index in [0.717, 1.165) is 22.5 Å². The number of rotatable bonds is 6. The number of aryl methyl sites for hydroxylation is 1. The number of imidazole rings is 1. The zero-order valence-electron chi connectivity index (χ0n) is 15.7. The molecule has 1 aliphatic heterocycles. The summed E-state index contributed by atoms with van der Waals surface area (Å²) in [5, 5.41) is 12.8. The molecule has 4 rings (SSSR count). The Bertz CT molecular complexity index is 1040. The molecule has 10 heteroatoms. The third-order valence-corrected chi connectivity index (χ3v) is 4.67. The van der Waals surface area contributed by atoms with E-state index in [2.05, 4.69) is 20.1 Å². The van der Waals surface area contributed by atoms with E-state index in [1.165, 1.54) is 4.90 Å². The van der Waals surface area contributed by atoms with E-state index < -0.39 is 18.6 Å². The third-order valence-electron chi connectivity index (χ3n) is 4.67. The van der Waals surface area contributed by atoms with Gasteiger partial charge in [-0.25, -0.2) is 9.78 Å². The number of carbonyl (C=O) groups is 2. The number of fused-ring (bicyclic) bond motifs is 1. The molecule has 0 bridgehead atoms. The SMILES string of the molecule is Cc1cccc(-c2noc([C@@H]3Cc4nc[nH]c4CN3C(=O)COCC(=O)O)n2)c1. The predicted molar refractivity (Wildman–Crippen MR) is 98.5 cm³/mol. The number of hydrogen-bond donors (Lipinski definition) is 2. The molecule has 150 valence electrons. The van der Waals surface area contributed by atoms with Crippen molar-refractivity contribution in [3.05, 3.63) is 53.4 Å². The highest BCUT2D eigenvalue weighted by Gasteiger charge is 2.36. The van der Waals surface area contributed by atoms with Gasteiger partial charge in [-0.2, -0.15) is 4.98 Å². The molecule has 10 nitrogen and oxygen atoms in total. The van der Waals surface area contributed by atoms with E-state index in [4.69, 9.17) is 14.4 Å². The second-order valence-corrected chi connectivity index (χ2v) is 6.78. The van der Waals surface area contributed by atoms with Crippen molar-refractivity contribution in [1.82, 2.24) is 25.0 Å². The van der Waals surface area contributed by atoms with Gasteiger partial charge in [0, 0.05) is 12.0 Å². The van der Waals surface area contributed by atoms with Crippen LogP contribution in [-0.2, 0) is 27.3 Å². The average Bonchev–Trinajstić information content (AvgIpc) is 3.35. The van der Waals surface area contributed by atoms with Gasteiger partial charge in [0.15, 0.2) is 0 Å². The van der Waals surface area contributed by atoms with Crippen molar-refractivity contribution >= 4 is 11.9 Å². The van der Waals surface area contributed by atoms with Crippen molar-refractivity contribution in [2.24, 2.45) is 0 Å². The highest BCUT2D eigenvalue weighted by Crippen LogP contribution is 2.32. The van der Waals surface area contributed by atoms with Gasteiger partial charge in [-0.3, -0.25) is 4.79 Å². The van der Waals surface area contributed by atoms with Gasteiger partial charge in [0.1, 0.15) is 19.3 Å². The number of aliphatic carboxylic acids is 1. The highest BCUT2D eigenvalue weighted by atomic mass is 16.5. The fraction of sp³-hybridized carbons (Fsp3) is 0.316. The predicted octanol–water partition coefficient (Wildman–Crippen LogP) is 1.50. The molecule has 1 atom stereocenters. The van der Waals surface area contributed by atoms with Crippen molar-refractivity contribution in [2.75, 3.05) is 13.2 Å². The standard InChI is InChI=1S/C19H19N5O5/c1-11-3-2-4-12(5-11)18-22-19(29-23-18)15-6-13-14(21-10-20-13)7-24(15)16(25)8-28-9-17(26)27/h2-5,10,15H,6-9H2,1H3,(H,20,21)(H,26,27)/t15-/m0/s1. The minimum atomic E-state index is -1.14. The summed E-state index contributed by atoms with van der Waals surface area (Å²) in [7, 11) is 0. The molecule has 3 heterocycles. The van der Waals surface area contributed by atoms with Crippen molar-refractivity contribution in [2.45, 2.75) is 25.9 Å². The summed E-state index contributed by atoms with van der Waals surface area (Å²) >= 11 is 0. The lowest BCUT2D eigenvalue weighted by Crippen LogP contribution is -2.41. The lowest BCUT2D eigenvalue weighted by atomic mass is 10.0. The van der Waals surface area contributed by atoms with Crippen LogP contribution in [0.2, 0.25) is 0 Å². The molecule has 0 saturated carbocycles. The first-order chi connectivity index (χ1) is 14.0. The Kier molecular flexibility index (Phi) is 5.09. The monoisotopic (exact) mass is 397 g/mol. The molecule has 0 spiro atoms.